The first-order valence-corrected chi connectivity index (χ1v) is 12.6. The standard InChI is InChI=1S/C28H32N6O2/c1-18-11-21-16-33(17-26(18)34(21)27-8-7-20(13-29)14-32-27)28(35)9-10-30-19(2)23-5-4-6-25-24(23)12-22(36-3)15-31-25/h4-8,12,14-15,18-19,21,26,30H,9-11,16-17H2,1-3H3/t18-,19?,21?,26?/m0/s1. The molecular formula is C28H32N6O2. The number of ether oxygens (including phenoxy) is 1. The van der Waals surface area contributed by atoms with E-state index in [1.54, 1.807) is 19.5 Å². The number of carbonyl (C=O) groups excluding carboxylic acids is 1. The van der Waals surface area contributed by atoms with Gasteiger partial charge in [0.2, 0.25) is 5.91 Å². The van der Waals surface area contributed by atoms with Gasteiger partial charge in [-0.1, -0.05) is 19.1 Å². The van der Waals surface area contributed by atoms with E-state index in [4.69, 9.17) is 10.00 Å². The maximum Gasteiger partial charge on any atom is 0.223 e. The zero-order valence-electron chi connectivity index (χ0n) is 21.0. The van der Waals surface area contributed by atoms with E-state index in [-0.39, 0.29) is 24.0 Å². The number of fused-ring (bicyclic) bond motifs is 3. The van der Waals surface area contributed by atoms with E-state index in [2.05, 4.69) is 46.2 Å². The first-order chi connectivity index (χ1) is 17.5. The molecule has 2 bridgehead atoms. The third-order valence-electron chi connectivity index (χ3n) is 7.61. The number of hydrogen-bond donors (Lipinski definition) is 1. The predicted octanol–water partition coefficient (Wildman–Crippen LogP) is 3.68. The van der Waals surface area contributed by atoms with Crippen LogP contribution in [-0.4, -0.2) is 59.6 Å². The summed E-state index contributed by atoms with van der Waals surface area (Å²) in [6, 6.07) is 14.6. The number of piperazine rings is 1. The van der Waals surface area contributed by atoms with Crippen molar-refractivity contribution in [1.29, 1.82) is 5.26 Å². The number of aromatic nitrogens is 2. The summed E-state index contributed by atoms with van der Waals surface area (Å²) >= 11 is 0. The van der Waals surface area contributed by atoms with E-state index in [0.29, 0.717) is 37.5 Å². The van der Waals surface area contributed by atoms with Gasteiger partial charge in [-0.2, -0.15) is 5.26 Å². The summed E-state index contributed by atoms with van der Waals surface area (Å²) in [4.78, 5) is 26.6. The van der Waals surface area contributed by atoms with Crippen molar-refractivity contribution >= 4 is 22.6 Å². The van der Waals surface area contributed by atoms with Gasteiger partial charge in [-0.25, -0.2) is 4.98 Å². The second kappa shape index (κ2) is 10.1. The molecule has 1 N–H and O–H groups in total. The number of amides is 1. The van der Waals surface area contributed by atoms with Crippen molar-refractivity contribution in [2.75, 3.05) is 31.6 Å². The van der Waals surface area contributed by atoms with Crippen LogP contribution < -0.4 is 15.0 Å². The molecule has 0 radical (unpaired) electrons. The number of rotatable bonds is 7. The lowest BCUT2D eigenvalue weighted by Gasteiger charge is -2.42. The summed E-state index contributed by atoms with van der Waals surface area (Å²) in [5.41, 5.74) is 2.63. The molecule has 2 aliphatic heterocycles. The van der Waals surface area contributed by atoms with Crippen LogP contribution in [0, 0.1) is 17.2 Å². The summed E-state index contributed by atoms with van der Waals surface area (Å²) in [7, 11) is 1.65. The summed E-state index contributed by atoms with van der Waals surface area (Å²) < 4.78 is 5.36. The van der Waals surface area contributed by atoms with Gasteiger partial charge in [0.1, 0.15) is 17.6 Å². The Morgan fingerprint density at radius 1 is 1.25 bits per heavy atom. The number of benzene rings is 1. The summed E-state index contributed by atoms with van der Waals surface area (Å²) in [5.74, 6) is 2.31. The number of anilines is 1. The third kappa shape index (κ3) is 4.59. The minimum Gasteiger partial charge on any atom is -0.495 e. The summed E-state index contributed by atoms with van der Waals surface area (Å²) in [6.45, 7) is 6.40. The van der Waals surface area contributed by atoms with Gasteiger partial charge in [-0.15, -0.1) is 0 Å². The van der Waals surface area contributed by atoms with Gasteiger partial charge in [-0.3, -0.25) is 9.78 Å². The molecule has 2 fully saturated rings. The SMILES string of the molecule is COc1cnc2cccc(C(C)NCCC(=O)N3CC4C[C@H](C)C(C3)N4c3ccc(C#N)cn3)c2c1. The molecule has 3 aromatic rings. The van der Waals surface area contributed by atoms with Gasteiger partial charge in [0.15, 0.2) is 0 Å². The Balaban J connectivity index is 1.19. The Labute approximate surface area is 211 Å². The monoisotopic (exact) mass is 484 g/mol. The normalized spacial score (nSPS) is 21.9. The lowest BCUT2D eigenvalue weighted by molar-refractivity contribution is -0.132. The molecule has 2 aromatic heterocycles. The molecule has 0 aliphatic carbocycles. The Bertz CT molecular complexity index is 1290. The van der Waals surface area contributed by atoms with Crippen LogP contribution >= 0.6 is 0 Å². The quantitative estimate of drug-likeness (QED) is 0.547. The molecule has 2 aliphatic rings. The molecule has 2 saturated heterocycles. The lowest BCUT2D eigenvalue weighted by Crippen LogP contribution is -2.56. The summed E-state index contributed by atoms with van der Waals surface area (Å²) in [5, 5.41) is 13.7. The van der Waals surface area contributed by atoms with Crippen molar-refractivity contribution in [1.82, 2.24) is 20.2 Å². The van der Waals surface area contributed by atoms with Gasteiger partial charge in [-0.05, 0) is 49.1 Å². The largest absolute Gasteiger partial charge is 0.495 e. The zero-order chi connectivity index (χ0) is 25.2. The molecule has 1 aromatic carbocycles. The average molecular weight is 485 g/mol. The highest BCUT2D eigenvalue weighted by molar-refractivity contribution is 5.83. The van der Waals surface area contributed by atoms with Gasteiger partial charge < -0.3 is 19.9 Å². The average Bonchev–Trinajstić information content (AvgIpc) is 3.11. The van der Waals surface area contributed by atoms with Crippen molar-refractivity contribution in [3.8, 4) is 11.8 Å². The Morgan fingerprint density at radius 2 is 2.11 bits per heavy atom. The van der Waals surface area contributed by atoms with E-state index in [9.17, 15) is 4.79 Å². The van der Waals surface area contributed by atoms with E-state index >= 15 is 0 Å². The fraction of sp³-hybridized carbons (Fsp3) is 0.429. The van der Waals surface area contributed by atoms with Crippen LogP contribution in [0.1, 0.15) is 43.9 Å². The fourth-order valence-corrected chi connectivity index (χ4v) is 5.70. The minimum absolute atomic E-state index is 0.0749. The lowest BCUT2D eigenvalue weighted by atomic mass is 10.0. The molecule has 36 heavy (non-hydrogen) atoms. The third-order valence-corrected chi connectivity index (χ3v) is 7.61. The van der Waals surface area contributed by atoms with Crippen LogP contribution in [0.4, 0.5) is 5.82 Å². The predicted molar refractivity (Wildman–Crippen MR) is 139 cm³/mol. The smallest absolute Gasteiger partial charge is 0.223 e. The first kappa shape index (κ1) is 24.0. The first-order valence-electron chi connectivity index (χ1n) is 12.6. The molecule has 3 unspecified atom stereocenters. The molecule has 1 amide bonds. The number of likely N-dealkylation sites (tertiary alicyclic amines) is 1. The Morgan fingerprint density at radius 3 is 2.83 bits per heavy atom. The Hall–Kier alpha value is -3.70. The maximum atomic E-state index is 13.2. The number of hydrogen-bond acceptors (Lipinski definition) is 7. The highest BCUT2D eigenvalue weighted by Gasteiger charge is 2.45. The number of carbonyl (C=O) groups is 1. The van der Waals surface area contributed by atoms with Gasteiger partial charge >= 0.3 is 0 Å². The molecule has 5 rings (SSSR count). The number of methoxy groups -OCH3 is 1. The van der Waals surface area contributed by atoms with Crippen LogP contribution in [0.25, 0.3) is 10.9 Å². The van der Waals surface area contributed by atoms with E-state index in [1.165, 1.54) is 0 Å². The number of nitrogens with zero attached hydrogens (tertiary/aromatic N) is 5. The van der Waals surface area contributed by atoms with Gasteiger partial charge in [0.05, 0.1) is 30.4 Å². The fourth-order valence-electron chi connectivity index (χ4n) is 5.70. The molecule has 0 spiro atoms. The molecule has 8 heteroatoms. The van der Waals surface area contributed by atoms with Crippen molar-refractivity contribution < 1.29 is 9.53 Å². The van der Waals surface area contributed by atoms with Gasteiger partial charge in [0.25, 0.3) is 0 Å². The van der Waals surface area contributed by atoms with Crippen molar-refractivity contribution in [2.45, 2.75) is 44.8 Å². The van der Waals surface area contributed by atoms with Crippen LogP contribution in [0.15, 0.2) is 48.8 Å². The molecule has 8 nitrogen and oxygen atoms in total. The molecule has 186 valence electrons. The molecule has 4 heterocycles. The molecule has 4 atom stereocenters. The van der Waals surface area contributed by atoms with Crippen LogP contribution in [0.2, 0.25) is 0 Å². The number of nitriles is 1. The highest BCUT2D eigenvalue weighted by atomic mass is 16.5. The maximum absolute atomic E-state index is 13.2. The Kier molecular flexibility index (Phi) is 6.75. The summed E-state index contributed by atoms with van der Waals surface area (Å²) in [6.07, 6.45) is 4.86. The second-order valence-corrected chi connectivity index (χ2v) is 9.87. The number of pyridine rings is 2. The van der Waals surface area contributed by atoms with Crippen LogP contribution in [0.3, 0.4) is 0 Å². The second-order valence-electron chi connectivity index (χ2n) is 9.87. The van der Waals surface area contributed by atoms with E-state index < -0.39 is 0 Å². The van der Waals surface area contributed by atoms with Gasteiger partial charge in [0, 0.05) is 49.7 Å². The van der Waals surface area contributed by atoms with E-state index in [0.717, 1.165) is 34.5 Å². The minimum atomic E-state index is 0.0749. The highest BCUT2D eigenvalue weighted by Crippen LogP contribution is 2.37. The molecule has 0 saturated carbocycles. The zero-order valence-corrected chi connectivity index (χ0v) is 21.0. The van der Waals surface area contributed by atoms with Crippen LogP contribution in [-0.2, 0) is 4.79 Å². The van der Waals surface area contributed by atoms with Crippen molar-refractivity contribution in [3.05, 3.63) is 59.9 Å². The topological polar surface area (TPSA) is 94.4 Å². The molecular weight excluding hydrogens is 452 g/mol. The van der Waals surface area contributed by atoms with Crippen LogP contribution in [0.5, 0.6) is 5.75 Å². The van der Waals surface area contributed by atoms with E-state index in [1.807, 2.05) is 35.2 Å². The number of nitrogens with one attached hydrogen (secondary N) is 1. The van der Waals surface area contributed by atoms with Crippen molar-refractivity contribution in [2.24, 2.45) is 5.92 Å². The van der Waals surface area contributed by atoms with Crippen molar-refractivity contribution in [3.63, 3.8) is 0 Å².